The van der Waals surface area contributed by atoms with Crippen LogP contribution in [-0.4, -0.2) is 45.7 Å². The van der Waals surface area contributed by atoms with Gasteiger partial charge in [-0.05, 0) is 36.4 Å². The number of likely N-dealkylation sites (tertiary alicyclic amines) is 1. The highest BCUT2D eigenvalue weighted by atomic mass is 127. The number of fused-ring (bicyclic) bond motifs is 1. The van der Waals surface area contributed by atoms with Crippen LogP contribution in [0.3, 0.4) is 0 Å². The Kier molecular flexibility index (Phi) is 7.06. The number of nitrogens with zero attached hydrogens (tertiary/aromatic N) is 4. The van der Waals surface area contributed by atoms with Gasteiger partial charge in [0, 0.05) is 36.8 Å². The maximum atomic E-state index is 12.8. The number of piperidine rings is 1. The van der Waals surface area contributed by atoms with Crippen molar-refractivity contribution in [3.8, 4) is 0 Å². The predicted octanol–water partition coefficient (Wildman–Crippen LogP) is 4.80. The van der Waals surface area contributed by atoms with Gasteiger partial charge in [-0.15, -0.1) is 11.3 Å². The van der Waals surface area contributed by atoms with Crippen LogP contribution in [0.1, 0.15) is 23.8 Å². The molecule has 0 saturated carbocycles. The summed E-state index contributed by atoms with van der Waals surface area (Å²) < 4.78 is 40.5. The minimum Gasteiger partial charge on any atom is -0.329 e. The molecule has 0 spiro atoms. The summed E-state index contributed by atoms with van der Waals surface area (Å²) in [7, 11) is 0. The van der Waals surface area contributed by atoms with Crippen LogP contribution in [0.15, 0.2) is 35.5 Å². The number of H-pyrrole nitrogens is 1. The van der Waals surface area contributed by atoms with Gasteiger partial charge in [-0.2, -0.15) is 13.2 Å². The van der Waals surface area contributed by atoms with Gasteiger partial charge < -0.3 is 4.98 Å². The van der Waals surface area contributed by atoms with Gasteiger partial charge >= 0.3 is 6.18 Å². The minimum atomic E-state index is -4.24. The van der Waals surface area contributed by atoms with Crippen LogP contribution >= 0.6 is 34.2 Å². The molecule has 1 N–H and O–H groups in total. The van der Waals surface area contributed by atoms with Crippen LogP contribution in [0.4, 0.5) is 19.0 Å². The van der Waals surface area contributed by atoms with E-state index in [1.807, 2.05) is 9.18 Å². The molecule has 172 valence electrons. The number of alkyl halides is 3. The van der Waals surface area contributed by atoms with E-state index in [2.05, 4.69) is 49.6 Å². The lowest BCUT2D eigenvalue weighted by atomic mass is 9.86. The zero-order valence-corrected chi connectivity index (χ0v) is 20.4. The third-order valence-electron chi connectivity index (χ3n) is 5.81. The highest BCUT2D eigenvalue weighted by Gasteiger charge is 2.30. The lowest BCUT2D eigenvalue weighted by Gasteiger charge is -2.38. The van der Waals surface area contributed by atoms with Gasteiger partial charge in [0.25, 0.3) is 0 Å². The third-order valence-corrected chi connectivity index (χ3v) is 7.71. The molecule has 3 aromatic rings. The van der Waals surface area contributed by atoms with Crippen molar-refractivity contribution in [3.63, 3.8) is 0 Å². The highest BCUT2D eigenvalue weighted by molar-refractivity contribution is 14.1. The Hall–Kier alpha value is -1.73. The number of anilines is 1. The topological polar surface area (TPSA) is 65.1 Å². The zero-order chi connectivity index (χ0) is 22.9. The predicted molar refractivity (Wildman–Crippen MR) is 128 cm³/mol. The summed E-state index contributed by atoms with van der Waals surface area (Å²) in [6, 6.07) is 4.96. The summed E-state index contributed by atoms with van der Waals surface area (Å²) in [5.41, 5.74) is 0.958. The number of hydrogen-bond donors (Lipinski definition) is 1. The molecule has 0 radical (unpaired) electrons. The molecule has 1 fully saturated rings. The van der Waals surface area contributed by atoms with Crippen LogP contribution < -0.4 is 8.67 Å². The number of pyridine rings is 1. The maximum absolute atomic E-state index is 12.8. The molecule has 4 rings (SSSR count). The van der Waals surface area contributed by atoms with Crippen molar-refractivity contribution in [2.75, 3.05) is 22.7 Å². The summed E-state index contributed by atoms with van der Waals surface area (Å²) >= 11 is 3.28. The van der Waals surface area contributed by atoms with E-state index in [1.54, 1.807) is 18.3 Å². The molecular weight excluding hydrogens is 554 g/mol. The Morgan fingerprint density at radius 3 is 2.88 bits per heavy atom. The smallest absolute Gasteiger partial charge is 0.329 e. The first-order valence-electron chi connectivity index (χ1n) is 10.3. The molecule has 6 nitrogen and oxygen atoms in total. The molecular formula is C21H23F3IN5OS. The second kappa shape index (κ2) is 9.64. The molecule has 0 aliphatic carbocycles. The van der Waals surface area contributed by atoms with Crippen LogP contribution in [0, 0.1) is 11.8 Å². The van der Waals surface area contributed by atoms with E-state index in [0.717, 1.165) is 49.5 Å². The molecule has 0 amide bonds. The van der Waals surface area contributed by atoms with Gasteiger partial charge in [0.05, 0.1) is 34.7 Å². The Labute approximate surface area is 201 Å². The number of nitrogens with one attached hydrogen (secondary N) is 1. The Bertz CT molecular complexity index is 1110. The minimum absolute atomic E-state index is 0.109. The second-order valence-electron chi connectivity index (χ2n) is 8.29. The van der Waals surface area contributed by atoms with Gasteiger partial charge in [0.15, 0.2) is 0 Å². The van der Waals surface area contributed by atoms with Gasteiger partial charge in [0.1, 0.15) is 17.0 Å². The summed E-state index contributed by atoms with van der Waals surface area (Å²) in [6.07, 6.45) is -0.956. The van der Waals surface area contributed by atoms with E-state index in [-0.39, 0.29) is 10.4 Å². The lowest BCUT2D eigenvalue weighted by molar-refractivity contribution is -0.126. The van der Waals surface area contributed by atoms with Crippen molar-refractivity contribution in [2.24, 2.45) is 11.8 Å². The number of aromatic amines is 1. The molecule has 0 bridgehead atoms. The van der Waals surface area contributed by atoms with Crippen molar-refractivity contribution < 1.29 is 13.2 Å². The molecule has 4 heterocycles. The maximum Gasteiger partial charge on any atom is 0.393 e. The van der Waals surface area contributed by atoms with Gasteiger partial charge in [-0.3, -0.25) is 12.8 Å². The van der Waals surface area contributed by atoms with Crippen LogP contribution in [0.5, 0.6) is 0 Å². The monoisotopic (exact) mass is 577 g/mol. The standard InChI is InChI=1S/C21H23F3IN5OS/c1-13-4-5-29(9-14-2-3-18(31)26-8-14)10-15(13)11-30(25)19-17-6-16(7-21(22,23)24)32-20(17)28-12-27-19/h2-3,6,8,12-13,15H,4-5,7,9-11H2,1H3,(H,26,31)/t13-,15-/m0/s1. The first-order chi connectivity index (χ1) is 15.2. The van der Waals surface area contributed by atoms with Gasteiger partial charge in [-0.1, -0.05) is 13.0 Å². The van der Waals surface area contributed by atoms with E-state index < -0.39 is 12.6 Å². The van der Waals surface area contributed by atoms with E-state index in [1.165, 1.54) is 6.33 Å². The zero-order valence-electron chi connectivity index (χ0n) is 17.4. The first-order valence-corrected chi connectivity index (χ1v) is 12.1. The molecule has 0 aromatic carbocycles. The fourth-order valence-corrected chi connectivity index (χ4v) is 5.98. The molecule has 32 heavy (non-hydrogen) atoms. The van der Waals surface area contributed by atoms with Crippen molar-refractivity contribution >= 4 is 50.2 Å². The molecule has 3 aromatic heterocycles. The number of thiophene rings is 1. The van der Waals surface area contributed by atoms with E-state index in [9.17, 15) is 18.0 Å². The number of hydrogen-bond acceptors (Lipinski definition) is 6. The summed E-state index contributed by atoms with van der Waals surface area (Å²) in [5, 5.41) is 0.666. The summed E-state index contributed by atoms with van der Waals surface area (Å²) in [6.45, 7) is 5.64. The van der Waals surface area contributed by atoms with Gasteiger partial charge in [-0.25, -0.2) is 9.97 Å². The van der Waals surface area contributed by atoms with Crippen LogP contribution in [-0.2, 0) is 13.0 Å². The average molecular weight is 577 g/mol. The molecule has 2 atom stereocenters. The highest BCUT2D eigenvalue weighted by Crippen LogP contribution is 2.36. The van der Waals surface area contributed by atoms with Crippen molar-refractivity contribution in [1.82, 2.24) is 19.9 Å². The largest absolute Gasteiger partial charge is 0.393 e. The normalized spacial score (nSPS) is 20.0. The Morgan fingerprint density at radius 2 is 2.16 bits per heavy atom. The molecule has 0 unspecified atom stereocenters. The van der Waals surface area contributed by atoms with Crippen molar-refractivity contribution in [3.05, 3.63) is 51.5 Å². The summed E-state index contributed by atoms with van der Waals surface area (Å²) in [4.78, 5) is 25.8. The molecule has 1 aliphatic heterocycles. The Morgan fingerprint density at radius 1 is 1.34 bits per heavy atom. The number of aromatic nitrogens is 3. The SMILES string of the molecule is C[C@H]1CCN(Cc2ccc(=O)[nH]c2)C[C@H]1CN(I)c1ncnc2sc(CC(F)(F)F)cc12. The second-order valence-corrected chi connectivity index (χ2v) is 10.6. The summed E-state index contributed by atoms with van der Waals surface area (Å²) in [5.74, 6) is 1.55. The van der Waals surface area contributed by atoms with Crippen LogP contribution in [0.25, 0.3) is 10.2 Å². The third kappa shape index (κ3) is 5.79. The average Bonchev–Trinajstić information content (AvgIpc) is 3.12. The Balaban J connectivity index is 1.47. The number of halogens is 4. The van der Waals surface area contributed by atoms with Gasteiger partial charge in [0.2, 0.25) is 5.56 Å². The van der Waals surface area contributed by atoms with E-state index in [4.69, 9.17) is 0 Å². The molecule has 1 aliphatic rings. The van der Waals surface area contributed by atoms with E-state index in [0.29, 0.717) is 27.9 Å². The lowest BCUT2D eigenvalue weighted by Crippen LogP contribution is -2.43. The quantitative estimate of drug-likeness (QED) is 0.337. The number of rotatable bonds is 6. The van der Waals surface area contributed by atoms with Crippen LogP contribution in [0.2, 0.25) is 0 Å². The van der Waals surface area contributed by atoms with E-state index >= 15 is 0 Å². The molecule has 11 heteroatoms. The van der Waals surface area contributed by atoms with Crippen molar-refractivity contribution in [2.45, 2.75) is 32.5 Å². The first kappa shape index (κ1) is 23.4. The fraction of sp³-hybridized carbons (Fsp3) is 0.476. The molecule has 1 saturated heterocycles. The van der Waals surface area contributed by atoms with Crippen molar-refractivity contribution in [1.29, 1.82) is 0 Å². The fourth-order valence-electron chi connectivity index (χ4n) is 4.07.